The zero-order valence-corrected chi connectivity index (χ0v) is 14.0. The van der Waals surface area contributed by atoms with Crippen LogP contribution in [0.15, 0.2) is 42.5 Å². The molecule has 1 saturated heterocycles. The van der Waals surface area contributed by atoms with Gasteiger partial charge in [0.15, 0.2) is 11.6 Å². The minimum atomic E-state index is -1.00. The molecule has 3 rings (SSSR count). The number of hydrogen-bond donors (Lipinski definition) is 0. The van der Waals surface area contributed by atoms with Gasteiger partial charge in [0.1, 0.15) is 5.75 Å². The average molecular weight is 346 g/mol. The zero-order valence-electron chi connectivity index (χ0n) is 14.0. The number of nitrogens with zero attached hydrogens (tertiary/aromatic N) is 2. The summed E-state index contributed by atoms with van der Waals surface area (Å²) in [6, 6.07) is 11.1. The summed E-state index contributed by atoms with van der Waals surface area (Å²) in [5, 5.41) is 0. The van der Waals surface area contributed by atoms with Crippen molar-refractivity contribution in [3.05, 3.63) is 59.7 Å². The highest BCUT2D eigenvalue weighted by Crippen LogP contribution is 2.21. The lowest BCUT2D eigenvalue weighted by Gasteiger charge is -2.36. The standard InChI is InChI=1S/C19H20F2N2O2/c1-2-25-16-6-4-15(5-7-16)22-9-11-23(12-10-22)19(24)14-3-8-17(20)18(21)13-14/h3-8,13H,2,9-12H2,1H3. The maximum Gasteiger partial charge on any atom is 0.254 e. The second kappa shape index (κ2) is 7.51. The van der Waals surface area contributed by atoms with E-state index in [-0.39, 0.29) is 11.5 Å². The van der Waals surface area contributed by atoms with Crippen LogP contribution in [-0.4, -0.2) is 43.6 Å². The van der Waals surface area contributed by atoms with E-state index in [0.717, 1.165) is 23.6 Å². The number of amides is 1. The van der Waals surface area contributed by atoms with E-state index >= 15 is 0 Å². The molecule has 0 N–H and O–H groups in total. The van der Waals surface area contributed by atoms with Crippen LogP contribution in [0.3, 0.4) is 0 Å². The largest absolute Gasteiger partial charge is 0.494 e. The number of carbonyl (C=O) groups is 1. The Bertz CT molecular complexity index is 742. The maximum atomic E-state index is 13.3. The van der Waals surface area contributed by atoms with Crippen LogP contribution in [0.5, 0.6) is 5.75 Å². The van der Waals surface area contributed by atoms with Gasteiger partial charge in [-0.15, -0.1) is 0 Å². The van der Waals surface area contributed by atoms with Gasteiger partial charge in [-0.1, -0.05) is 0 Å². The van der Waals surface area contributed by atoms with Gasteiger partial charge >= 0.3 is 0 Å². The minimum Gasteiger partial charge on any atom is -0.494 e. The number of carbonyl (C=O) groups excluding carboxylic acids is 1. The molecule has 0 aromatic heterocycles. The summed E-state index contributed by atoms with van der Waals surface area (Å²) >= 11 is 0. The number of halogens is 2. The van der Waals surface area contributed by atoms with E-state index in [4.69, 9.17) is 4.74 Å². The Kier molecular flexibility index (Phi) is 5.16. The quantitative estimate of drug-likeness (QED) is 0.851. The fourth-order valence-corrected chi connectivity index (χ4v) is 2.90. The number of ether oxygens (including phenoxy) is 1. The topological polar surface area (TPSA) is 32.8 Å². The fraction of sp³-hybridized carbons (Fsp3) is 0.316. The van der Waals surface area contributed by atoms with Crippen LogP contribution < -0.4 is 9.64 Å². The molecule has 0 aliphatic carbocycles. The van der Waals surface area contributed by atoms with Crippen molar-refractivity contribution in [3.8, 4) is 5.75 Å². The van der Waals surface area contributed by atoms with Crippen LogP contribution in [0.2, 0.25) is 0 Å². The van der Waals surface area contributed by atoms with Crippen LogP contribution in [0.25, 0.3) is 0 Å². The van der Waals surface area contributed by atoms with E-state index in [1.54, 1.807) is 4.90 Å². The Morgan fingerprint density at radius 3 is 2.28 bits per heavy atom. The van der Waals surface area contributed by atoms with Crippen LogP contribution in [0, 0.1) is 11.6 Å². The number of benzene rings is 2. The first-order chi connectivity index (χ1) is 12.1. The Labute approximate surface area is 145 Å². The van der Waals surface area contributed by atoms with Gasteiger partial charge in [0.25, 0.3) is 5.91 Å². The van der Waals surface area contributed by atoms with E-state index in [1.807, 2.05) is 31.2 Å². The van der Waals surface area contributed by atoms with Gasteiger partial charge in [0, 0.05) is 37.4 Å². The molecule has 6 heteroatoms. The first kappa shape index (κ1) is 17.2. The molecule has 25 heavy (non-hydrogen) atoms. The molecular formula is C19H20F2N2O2. The first-order valence-electron chi connectivity index (χ1n) is 8.30. The van der Waals surface area contributed by atoms with Crippen molar-refractivity contribution in [2.45, 2.75) is 6.92 Å². The van der Waals surface area contributed by atoms with E-state index in [9.17, 15) is 13.6 Å². The minimum absolute atomic E-state index is 0.174. The van der Waals surface area contributed by atoms with Crippen molar-refractivity contribution >= 4 is 11.6 Å². The van der Waals surface area contributed by atoms with Gasteiger partial charge in [0.2, 0.25) is 0 Å². The van der Waals surface area contributed by atoms with E-state index in [1.165, 1.54) is 6.07 Å². The first-order valence-corrected chi connectivity index (χ1v) is 8.30. The summed E-state index contributed by atoms with van der Waals surface area (Å²) in [5.74, 6) is -1.39. The molecule has 0 radical (unpaired) electrons. The molecule has 4 nitrogen and oxygen atoms in total. The van der Waals surface area contributed by atoms with Crippen LogP contribution >= 0.6 is 0 Å². The molecule has 132 valence electrons. The maximum absolute atomic E-state index is 13.3. The van der Waals surface area contributed by atoms with E-state index in [2.05, 4.69) is 4.90 Å². The number of anilines is 1. The Balaban J connectivity index is 1.61. The van der Waals surface area contributed by atoms with Crippen molar-refractivity contribution in [2.75, 3.05) is 37.7 Å². The predicted octanol–water partition coefficient (Wildman–Crippen LogP) is 3.33. The molecule has 1 amide bonds. The third kappa shape index (κ3) is 3.90. The third-order valence-corrected chi connectivity index (χ3v) is 4.25. The average Bonchev–Trinajstić information content (AvgIpc) is 2.64. The molecule has 2 aromatic carbocycles. The summed E-state index contributed by atoms with van der Waals surface area (Å²) in [5.41, 5.74) is 1.25. The highest BCUT2D eigenvalue weighted by atomic mass is 19.2. The van der Waals surface area contributed by atoms with Crippen molar-refractivity contribution in [2.24, 2.45) is 0 Å². The highest BCUT2D eigenvalue weighted by Gasteiger charge is 2.23. The fourth-order valence-electron chi connectivity index (χ4n) is 2.90. The Morgan fingerprint density at radius 2 is 1.68 bits per heavy atom. The van der Waals surface area contributed by atoms with E-state index < -0.39 is 11.6 Å². The Morgan fingerprint density at radius 1 is 1.00 bits per heavy atom. The molecule has 0 atom stereocenters. The molecule has 1 aliphatic heterocycles. The summed E-state index contributed by atoms with van der Waals surface area (Å²) in [6.45, 7) is 5.00. The molecule has 0 bridgehead atoms. The molecular weight excluding hydrogens is 326 g/mol. The monoisotopic (exact) mass is 346 g/mol. The lowest BCUT2D eigenvalue weighted by molar-refractivity contribution is 0.0746. The van der Waals surface area contributed by atoms with Gasteiger partial charge in [-0.05, 0) is 49.4 Å². The summed E-state index contributed by atoms with van der Waals surface area (Å²) in [4.78, 5) is 16.3. The van der Waals surface area contributed by atoms with E-state index in [0.29, 0.717) is 32.8 Å². The lowest BCUT2D eigenvalue weighted by Crippen LogP contribution is -2.48. The molecule has 0 saturated carbocycles. The summed E-state index contributed by atoms with van der Waals surface area (Å²) in [7, 11) is 0. The number of piperazine rings is 1. The number of rotatable bonds is 4. The molecule has 1 fully saturated rings. The lowest BCUT2D eigenvalue weighted by atomic mass is 10.1. The van der Waals surface area contributed by atoms with Crippen LogP contribution in [0.1, 0.15) is 17.3 Å². The second-order valence-corrected chi connectivity index (χ2v) is 5.84. The highest BCUT2D eigenvalue weighted by molar-refractivity contribution is 5.94. The second-order valence-electron chi connectivity index (χ2n) is 5.84. The van der Waals surface area contributed by atoms with Gasteiger partial charge in [-0.25, -0.2) is 8.78 Å². The summed E-state index contributed by atoms with van der Waals surface area (Å²) < 4.78 is 31.8. The molecule has 1 heterocycles. The van der Waals surface area contributed by atoms with Crippen molar-refractivity contribution in [3.63, 3.8) is 0 Å². The zero-order chi connectivity index (χ0) is 17.8. The van der Waals surface area contributed by atoms with Crippen molar-refractivity contribution in [1.82, 2.24) is 4.90 Å². The van der Waals surface area contributed by atoms with Gasteiger partial charge in [0.05, 0.1) is 6.61 Å². The Hall–Kier alpha value is -2.63. The predicted molar refractivity (Wildman–Crippen MR) is 92.1 cm³/mol. The van der Waals surface area contributed by atoms with Crippen LogP contribution in [-0.2, 0) is 0 Å². The van der Waals surface area contributed by atoms with Crippen molar-refractivity contribution in [1.29, 1.82) is 0 Å². The SMILES string of the molecule is CCOc1ccc(N2CCN(C(=O)c3ccc(F)c(F)c3)CC2)cc1. The molecule has 1 aliphatic rings. The smallest absolute Gasteiger partial charge is 0.254 e. The molecule has 0 unspecified atom stereocenters. The van der Waals surface area contributed by atoms with Gasteiger partial charge in [-0.3, -0.25) is 4.79 Å². The normalized spacial score (nSPS) is 14.5. The van der Waals surface area contributed by atoms with Gasteiger partial charge < -0.3 is 14.5 Å². The van der Waals surface area contributed by atoms with Crippen molar-refractivity contribution < 1.29 is 18.3 Å². The van der Waals surface area contributed by atoms with Gasteiger partial charge in [-0.2, -0.15) is 0 Å². The molecule has 2 aromatic rings. The van der Waals surface area contributed by atoms with Crippen LogP contribution in [0.4, 0.5) is 14.5 Å². The molecule has 0 spiro atoms. The third-order valence-electron chi connectivity index (χ3n) is 4.25. The number of hydrogen-bond acceptors (Lipinski definition) is 3. The summed E-state index contributed by atoms with van der Waals surface area (Å²) in [6.07, 6.45) is 0.